The molecule has 0 aliphatic heterocycles. The van der Waals surface area contributed by atoms with Gasteiger partial charge in [-0.25, -0.2) is 4.58 Å². The van der Waals surface area contributed by atoms with Gasteiger partial charge in [0.25, 0.3) is 0 Å². The molecule has 0 aliphatic carbocycles. The first kappa shape index (κ1) is 11.1. The number of carbonyl (C=O) groups excluding carboxylic acids is 1. The number of carbonyl (C=O) groups is 1. The van der Waals surface area contributed by atoms with E-state index in [4.69, 9.17) is 0 Å². The zero-order chi connectivity index (χ0) is 9.40. The van der Waals surface area contributed by atoms with Crippen LogP contribution < -0.4 is 5.32 Å². The molecular formula is C9H19N2O+. The second-order valence-corrected chi connectivity index (χ2v) is 3.12. The predicted molar refractivity (Wildman–Crippen MR) is 50.7 cm³/mol. The highest BCUT2D eigenvalue weighted by Gasteiger charge is 1.91. The van der Waals surface area contributed by atoms with Gasteiger partial charge >= 0.3 is 0 Å². The molecule has 3 heteroatoms. The summed E-state index contributed by atoms with van der Waals surface area (Å²) in [4.78, 5) is 10.5. The highest BCUT2D eigenvalue weighted by atomic mass is 16.2. The molecule has 0 bridgehead atoms. The van der Waals surface area contributed by atoms with Crippen LogP contribution >= 0.6 is 0 Å². The molecule has 0 radical (unpaired) electrons. The van der Waals surface area contributed by atoms with Crippen molar-refractivity contribution in [1.29, 1.82) is 0 Å². The molecule has 0 fully saturated rings. The van der Waals surface area contributed by atoms with Crippen LogP contribution in [0, 0.1) is 0 Å². The monoisotopic (exact) mass is 176 g/mol. The number of hydrogen-bond donors (Lipinski definition) is 1. The SMILES string of the molecule is CC(=O)[15NH][13CH2][13CH2][13CH2][13CH2]C=[N+](C)C. The largest absolute Gasteiger partial charge is 0.356 e. The van der Waals surface area contributed by atoms with E-state index in [-0.39, 0.29) is 5.91 Å². The summed E-state index contributed by atoms with van der Waals surface area (Å²) in [6, 6.07) is 0. The molecule has 1 amide bonds. The molecule has 12 heavy (non-hydrogen) atoms. The zero-order valence-electron chi connectivity index (χ0n) is 8.26. The molecule has 0 heterocycles. The first-order valence-corrected chi connectivity index (χ1v) is 4.37. The normalized spacial score (nSPS) is 9.25. The summed E-state index contributed by atoms with van der Waals surface area (Å²) in [6.45, 7) is 2.35. The molecule has 0 rings (SSSR count). The van der Waals surface area contributed by atoms with Crippen molar-refractivity contribution in [3.8, 4) is 0 Å². The summed E-state index contributed by atoms with van der Waals surface area (Å²) in [5, 5.41) is 2.77. The molecule has 0 saturated carbocycles. The molecule has 70 valence electrons. The Morgan fingerprint density at radius 3 is 2.58 bits per heavy atom. The topological polar surface area (TPSA) is 32.1 Å². The molecule has 1 N–H and O–H groups in total. The van der Waals surface area contributed by atoms with Crippen LogP contribution in [-0.4, -0.2) is 37.3 Å². The lowest BCUT2D eigenvalue weighted by molar-refractivity contribution is -0.460. The first-order chi connectivity index (χ1) is 5.63. The second-order valence-electron chi connectivity index (χ2n) is 3.12. The van der Waals surface area contributed by atoms with E-state index in [1.807, 2.05) is 14.1 Å². The van der Waals surface area contributed by atoms with Crippen molar-refractivity contribution in [3.05, 3.63) is 0 Å². The fourth-order valence-electron chi connectivity index (χ4n) is 0.883. The number of nitrogens with one attached hydrogen (secondary N) is 1. The van der Waals surface area contributed by atoms with Gasteiger partial charge in [0.05, 0.1) is 0 Å². The molecule has 0 aliphatic rings. The maximum absolute atomic E-state index is 10.5. The van der Waals surface area contributed by atoms with Crippen molar-refractivity contribution in [3.63, 3.8) is 0 Å². The van der Waals surface area contributed by atoms with Gasteiger partial charge < -0.3 is 5.32 Å². The number of unbranched alkanes of at least 4 members (excludes halogenated alkanes) is 2. The maximum atomic E-state index is 10.5. The van der Waals surface area contributed by atoms with Gasteiger partial charge in [-0.3, -0.25) is 4.79 Å². The van der Waals surface area contributed by atoms with Crippen molar-refractivity contribution in [1.82, 2.24) is 5.32 Å². The highest BCUT2D eigenvalue weighted by Crippen LogP contribution is 1.90. The number of rotatable bonds is 5. The summed E-state index contributed by atoms with van der Waals surface area (Å²) < 4.78 is 2.05. The first-order valence-electron chi connectivity index (χ1n) is 4.37. The molecule has 0 aromatic heterocycles. The smallest absolute Gasteiger partial charge is 0.216 e. The van der Waals surface area contributed by atoms with Crippen LogP contribution in [-0.2, 0) is 4.79 Å². The third kappa shape index (κ3) is 9.14. The van der Waals surface area contributed by atoms with Crippen molar-refractivity contribution in [2.24, 2.45) is 0 Å². The van der Waals surface area contributed by atoms with Crippen molar-refractivity contribution in [2.75, 3.05) is 20.6 Å². The van der Waals surface area contributed by atoms with Crippen LogP contribution in [0.3, 0.4) is 0 Å². The van der Waals surface area contributed by atoms with Gasteiger partial charge in [0.15, 0.2) is 0 Å². The van der Waals surface area contributed by atoms with Gasteiger partial charge in [-0.15, -0.1) is 0 Å². The van der Waals surface area contributed by atoms with E-state index < -0.39 is 0 Å². The molecule has 0 aromatic carbocycles. The van der Waals surface area contributed by atoms with Crippen LogP contribution in [0.4, 0.5) is 0 Å². The Hall–Kier alpha value is -0.860. The van der Waals surface area contributed by atoms with Gasteiger partial charge in [-0.2, -0.15) is 0 Å². The third-order valence-electron chi connectivity index (χ3n) is 1.50. The van der Waals surface area contributed by atoms with E-state index in [2.05, 4.69) is 16.1 Å². The minimum atomic E-state index is 0.0617. The molecule has 0 saturated heterocycles. The maximum Gasteiger partial charge on any atom is 0.216 e. The Kier molecular flexibility index (Phi) is 6.34. The summed E-state index contributed by atoms with van der Waals surface area (Å²) in [6.07, 6.45) is 5.43. The molecule has 3 nitrogen and oxygen atoms in total. The Bertz CT molecular complexity index is 160. The van der Waals surface area contributed by atoms with Gasteiger partial charge in [0.2, 0.25) is 5.91 Å². The Morgan fingerprint density at radius 2 is 2.08 bits per heavy atom. The minimum Gasteiger partial charge on any atom is -0.356 e. The van der Waals surface area contributed by atoms with Crippen LogP contribution in [0.15, 0.2) is 0 Å². The van der Waals surface area contributed by atoms with Crippen molar-refractivity contribution in [2.45, 2.75) is 26.2 Å². The van der Waals surface area contributed by atoms with Crippen LogP contribution in [0.2, 0.25) is 0 Å². The number of hydrogen-bond acceptors (Lipinski definition) is 1. The molecule has 0 unspecified atom stereocenters. The summed E-state index contributed by atoms with van der Waals surface area (Å²) in [7, 11) is 4.04. The molecular weight excluding hydrogens is 157 g/mol. The van der Waals surface area contributed by atoms with E-state index in [0.717, 1.165) is 25.8 Å². The van der Waals surface area contributed by atoms with Gasteiger partial charge in [0.1, 0.15) is 20.3 Å². The zero-order valence-corrected chi connectivity index (χ0v) is 8.26. The van der Waals surface area contributed by atoms with E-state index in [1.54, 1.807) is 6.92 Å². The molecule has 0 aromatic rings. The Labute approximate surface area is 74.5 Å². The second kappa shape index (κ2) is 6.83. The summed E-state index contributed by atoms with van der Waals surface area (Å²) in [5.41, 5.74) is 0. The summed E-state index contributed by atoms with van der Waals surface area (Å²) >= 11 is 0. The van der Waals surface area contributed by atoms with Crippen LogP contribution in [0.5, 0.6) is 0 Å². The highest BCUT2D eigenvalue weighted by molar-refractivity contribution is 5.72. The predicted octanol–water partition coefficient (Wildman–Crippen LogP) is 0.636. The number of amides is 1. The average molecular weight is 176 g/mol. The Balaban J connectivity index is 3.11. The minimum absolute atomic E-state index is 0.0617. The van der Waals surface area contributed by atoms with E-state index in [1.165, 1.54) is 0 Å². The average Bonchev–Trinajstić information content (AvgIpc) is 1.95. The van der Waals surface area contributed by atoms with Gasteiger partial charge in [-0.05, 0) is 12.8 Å². The van der Waals surface area contributed by atoms with Gasteiger partial charge in [-0.1, -0.05) is 0 Å². The standard InChI is InChI=1S/C9H18N2O/c1-9(12)10-7-5-4-6-8-11(2)3/h8H,4-7H2,1-3H3/p+1/i4+1,5+1,6+1,7+1,10+1. The van der Waals surface area contributed by atoms with E-state index >= 15 is 0 Å². The fraction of sp³-hybridized carbons (Fsp3) is 0.778. The van der Waals surface area contributed by atoms with Crippen molar-refractivity contribution >= 4 is 12.1 Å². The van der Waals surface area contributed by atoms with E-state index in [9.17, 15) is 4.79 Å². The van der Waals surface area contributed by atoms with E-state index in [0.29, 0.717) is 0 Å². The molecule has 0 spiro atoms. The quantitative estimate of drug-likeness (QED) is 0.215. The lowest BCUT2D eigenvalue weighted by Gasteiger charge is -1.98. The lowest BCUT2D eigenvalue weighted by atomic mass is 10.8. The fourth-order valence-corrected chi connectivity index (χ4v) is 0.883. The van der Waals surface area contributed by atoms with Crippen LogP contribution in [0.25, 0.3) is 0 Å². The van der Waals surface area contributed by atoms with Crippen LogP contribution in [0.1, 0.15) is 26.2 Å². The number of nitrogens with zero attached hydrogens (tertiary/aromatic N) is 1. The molecule has 0 atom stereocenters. The summed E-state index contributed by atoms with van der Waals surface area (Å²) in [5.74, 6) is 0.0617. The third-order valence-corrected chi connectivity index (χ3v) is 1.50. The lowest BCUT2D eigenvalue weighted by Crippen LogP contribution is -2.20. The van der Waals surface area contributed by atoms with Gasteiger partial charge in [0, 0.05) is 19.9 Å². The Morgan fingerprint density at radius 1 is 1.42 bits per heavy atom. The van der Waals surface area contributed by atoms with Crippen molar-refractivity contribution < 1.29 is 9.37 Å².